The van der Waals surface area contributed by atoms with Gasteiger partial charge in [0.2, 0.25) is 0 Å². The molecule has 0 bridgehead atoms. The number of aryl methyl sites for hydroxylation is 1. The molecule has 0 saturated carbocycles. The van der Waals surface area contributed by atoms with Crippen LogP contribution in [0.4, 0.5) is 0 Å². The van der Waals surface area contributed by atoms with Crippen molar-refractivity contribution < 1.29 is 14.6 Å². The Morgan fingerprint density at radius 3 is 2.41 bits per heavy atom. The maximum atomic E-state index is 12.4. The fourth-order valence-electron chi connectivity index (χ4n) is 4.75. The van der Waals surface area contributed by atoms with E-state index in [-0.39, 0.29) is 0 Å². The number of carboxylic acids is 1. The molecule has 4 rings (SSSR count). The molecule has 0 aliphatic carbocycles. The Labute approximate surface area is 206 Å². The molecule has 1 fully saturated rings. The third kappa shape index (κ3) is 5.60. The smallest absolute Gasteiger partial charge is 0.337 e. The summed E-state index contributed by atoms with van der Waals surface area (Å²) in [5, 5.41) is 11.7. The maximum Gasteiger partial charge on any atom is 0.337 e. The van der Waals surface area contributed by atoms with Gasteiger partial charge in [0.25, 0.3) is 0 Å². The predicted molar refractivity (Wildman–Crippen MR) is 137 cm³/mol. The van der Waals surface area contributed by atoms with Crippen molar-refractivity contribution in [3.63, 3.8) is 0 Å². The van der Waals surface area contributed by atoms with Crippen LogP contribution in [0.5, 0.6) is 0 Å². The lowest BCUT2D eigenvalue weighted by molar-refractivity contribution is -0.160. The Kier molecular flexibility index (Phi) is 7.27. The van der Waals surface area contributed by atoms with Gasteiger partial charge in [-0.1, -0.05) is 36.2 Å². The van der Waals surface area contributed by atoms with E-state index in [1.165, 1.54) is 19.3 Å². The second-order valence-electron chi connectivity index (χ2n) is 10.1. The number of hydrogen-bond acceptors (Lipinski definition) is 4. The quantitative estimate of drug-likeness (QED) is 0.420. The van der Waals surface area contributed by atoms with E-state index in [1.807, 2.05) is 58.0 Å². The fraction of sp³-hybridized carbons (Fsp3) is 0.429. The number of nitrogens with zero attached hydrogens (tertiary/aromatic N) is 2. The Bertz CT molecular complexity index is 1180. The molecule has 0 radical (unpaired) electrons. The van der Waals surface area contributed by atoms with Gasteiger partial charge in [-0.3, -0.25) is 9.88 Å². The first-order chi connectivity index (χ1) is 16.1. The molecule has 1 saturated heterocycles. The van der Waals surface area contributed by atoms with Crippen molar-refractivity contribution in [2.75, 3.05) is 13.1 Å². The van der Waals surface area contributed by atoms with E-state index in [0.29, 0.717) is 10.6 Å². The number of carboxylic acid groups (broad SMARTS) is 1. The maximum absolute atomic E-state index is 12.4. The van der Waals surface area contributed by atoms with Crippen LogP contribution in [-0.4, -0.2) is 39.7 Å². The van der Waals surface area contributed by atoms with Crippen LogP contribution in [0, 0.1) is 6.92 Å². The number of benzene rings is 2. The number of ether oxygens (including phenoxy) is 1. The molecule has 0 amide bonds. The first-order valence-electron chi connectivity index (χ1n) is 11.9. The molecule has 34 heavy (non-hydrogen) atoms. The molecule has 5 nitrogen and oxygen atoms in total. The van der Waals surface area contributed by atoms with E-state index in [0.717, 1.165) is 52.9 Å². The Balaban J connectivity index is 1.89. The normalized spacial score (nSPS) is 16.0. The van der Waals surface area contributed by atoms with Gasteiger partial charge in [0.05, 0.1) is 16.8 Å². The van der Waals surface area contributed by atoms with E-state index in [2.05, 4.69) is 17.0 Å². The zero-order valence-electron chi connectivity index (χ0n) is 20.4. The molecule has 1 N–H and O–H groups in total. The van der Waals surface area contributed by atoms with Crippen molar-refractivity contribution in [2.45, 2.75) is 65.2 Å². The monoisotopic (exact) mass is 480 g/mol. The molecule has 6 heteroatoms. The van der Waals surface area contributed by atoms with Gasteiger partial charge in [0, 0.05) is 22.5 Å². The fourth-order valence-corrected chi connectivity index (χ4v) is 4.88. The van der Waals surface area contributed by atoms with Crippen molar-refractivity contribution in [1.82, 2.24) is 9.88 Å². The molecule has 1 aliphatic heterocycles. The molecular formula is C28H33ClN2O3. The number of fused-ring (bicyclic) bond motifs is 1. The van der Waals surface area contributed by atoms with Crippen molar-refractivity contribution in [3.05, 3.63) is 64.3 Å². The summed E-state index contributed by atoms with van der Waals surface area (Å²) >= 11 is 6.17. The molecule has 180 valence electrons. The standard InChI is InChI=1S/C28H33ClN2O3/c1-18-16-23-22(13-12-21(30-23)17-31-14-6-5-7-15-31)25(19-8-10-20(29)11-9-19)24(18)26(27(32)33)34-28(2,3)4/h8-13,16,26H,5-7,14-15,17H2,1-4H3,(H,32,33). The van der Waals surface area contributed by atoms with Crippen molar-refractivity contribution in [1.29, 1.82) is 0 Å². The van der Waals surface area contributed by atoms with Gasteiger partial charge in [-0.15, -0.1) is 0 Å². The SMILES string of the molecule is Cc1cc2nc(CN3CCCCC3)ccc2c(-c2ccc(Cl)cc2)c1C(OC(C)(C)C)C(=O)O. The predicted octanol–water partition coefficient (Wildman–Crippen LogP) is 6.79. The topological polar surface area (TPSA) is 62.7 Å². The van der Waals surface area contributed by atoms with Gasteiger partial charge in [-0.25, -0.2) is 4.79 Å². The van der Waals surface area contributed by atoms with E-state index >= 15 is 0 Å². The number of carbonyl (C=O) groups is 1. The summed E-state index contributed by atoms with van der Waals surface area (Å²) in [5.41, 5.74) is 4.49. The van der Waals surface area contributed by atoms with E-state index in [9.17, 15) is 9.90 Å². The third-order valence-electron chi connectivity index (χ3n) is 6.22. The van der Waals surface area contributed by atoms with Crippen LogP contribution in [0.2, 0.25) is 5.02 Å². The zero-order valence-corrected chi connectivity index (χ0v) is 21.2. The lowest BCUT2D eigenvalue weighted by Crippen LogP contribution is -2.29. The lowest BCUT2D eigenvalue weighted by atomic mass is 9.88. The number of rotatable bonds is 6. The Morgan fingerprint density at radius 1 is 1.12 bits per heavy atom. The summed E-state index contributed by atoms with van der Waals surface area (Å²) in [4.78, 5) is 19.9. The highest BCUT2D eigenvalue weighted by Crippen LogP contribution is 2.40. The van der Waals surface area contributed by atoms with E-state index in [4.69, 9.17) is 21.3 Å². The van der Waals surface area contributed by atoms with Gasteiger partial charge in [0.1, 0.15) is 0 Å². The van der Waals surface area contributed by atoms with Crippen LogP contribution in [-0.2, 0) is 16.1 Å². The summed E-state index contributed by atoms with van der Waals surface area (Å²) in [6, 6.07) is 13.6. The number of piperidine rings is 1. The highest BCUT2D eigenvalue weighted by molar-refractivity contribution is 6.30. The van der Waals surface area contributed by atoms with Crippen LogP contribution in [0.3, 0.4) is 0 Å². The number of halogens is 1. The molecule has 3 aromatic rings. The number of likely N-dealkylation sites (tertiary alicyclic amines) is 1. The third-order valence-corrected chi connectivity index (χ3v) is 6.48. The minimum absolute atomic E-state index is 0.627. The average Bonchev–Trinajstić information content (AvgIpc) is 2.77. The van der Waals surface area contributed by atoms with Gasteiger partial charge < -0.3 is 9.84 Å². The molecule has 1 aliphatic rings. The van der Waals surface area contributed by atoms with Gasteiger partial charge in [-0.05, 0) is 94.6 Å². The summed E-state index contributed by atoms with van der Waals surface area (Å²) in [5.74, 6) is -1.01. The molecule has 2 heterocycles. The minimum atomic E-state index is -1.11. The van der Waals surface area contributed by atoms with Gasteiger partial charge >= 0.3 is 5.97 Å². The van der Waals surface area contributed by atoms with Crippen LogP contribution < -0.4 is 0 Å². The second kappa shape index (κ2) is 10.0. The Hall–Kier alpha value is -2.47. The van der Waals surface area contributed by atoms with Crippen LogP contribution in [0.25, 0.3) is 22.0 Å². The molecule has 1 aromatic heterocycles. The summed E-state index contributed by atoms with van der Waals surface area (Å²) in [7, 11) is 0. The first kappa shape index (κ1) is 24.6. The average molecular weight is 481 g/mol. The van der Waals surface area contributed by atoms with E-state index < -0.39 is 17.7 Å². The first-order valence-corrected chi connectivity index (χ1v) is 12.3. The lowest BCUT2D eigenvalue weighted by Gasteiger charge is -2.29. The summed E-state index contributed by atoms with van der Waals surface area (Å²) in [6.07, 6.45) is 2.67. The van der Waals surface area contributed by atoms with Gasteiger partial charge in [-0.2, -0.15) is 0 Å². The summed E-state index contributed by atoms with van der Waals surface area (Å²) < 4.78 is 6.07. The van der Waals surface area contributed by atoms with E-state index in [1.54, 1.807) is 0 Å². The number of hydrogen-bond donors (Lipinski definition) is 1. The van der Waals surface area contributed by atoms with Crippen molar-refractivity contribution in [3.8, 4) is 11.1 Å². The molecule has 0 spiro atoms. The van der Waals surface area contributed by atoms with Crippen molar-refractivity contribution >= 4 is 28.5 Å². The van der Waals surface area contributed by atoms with Crippen LogP contribution in [0.15, 0.2) is 42.5 Å². The minimum Gasteiger partial charge on any atom is -0.479 e. The summed E-state index contributed by atoms with van der Waals surface area (Å²) in [6.45, 7) is 10.6. The Morgan fingerprint density at radius 2 is 1.79 bits per heavy atom. The van der Waals surface area contributed by atoms with Gasteiger partial charge in [0.15, 0.2) is 6.10 Å². The molecule has 2 aromatic carbocycles. The van der Waals surface area contributed by atoms with Crippen molar-refractivity contribution in [2.24, 2.45) is 0 Å². The largest absolute Gasteiger partial charge is 0.479 e. The number of aliphatic carboxylic acids is 1. The van der Waals surface area contributed by atoms with Crippen LogP contribution >= 0.6 is 11.6 Å². The molecular weight excluding hydrogens is 448 g/mol. The molecule has 1 atom stereocenters. The second-order valence-corrected chi connectivity index (χ2v) is 10.6. The highest BCUT2D eigenvalue weighted by Gasteiger charge is 2.31. The van der Waals surface area contributed by atoms with Crippen LogP contribution in [0.1, 0.15) is 63.0 Å². The number of pyridine rings is 1. The number of aromatic nitrogens is 1. The highest BCUT2D eigenvalue weighted by atomic mass is 35.5. The molecule has 1 unspecified atom stereocenters. The zero-order chi connectivity index (χ0) is 24.5.